The van der Waals surface area contributed by atoms with E-state index in [1.165, 1.54) is 16.7 Å². The Hall–Kier alpha value is -2.72. The fourth-order valence-electron chi connectivity index (χ4n) is 3.68. The molecule has 1 aromatic rings. The van der Waals surface area contributed by atoms with Crippen molar-refractivity contribution in [1.29, 1.82) is 0 Å². The summed E-state index contributed by atoms with van der Waals surface area (Å²) in [5.41, 5.74) is 6.31. The van der Waals surface area contributed by atoms with Crippen molar-refractivity contribution in [2.75, 3.05) is 27.4 Å². The largest absolute Gasteiger partial charge is 0.497 e. The molecule has 0 bridgehead atoms. The Morgan fingerprint density at radius 1 is 0.800 bits per heavy atom. The summed E-state index contributed by atoms with van der Waals surface area (Å²) in [5, 5.41) is 9.06. The van der Waals surface area contributed by atoms with E-state index in [1.807, 2.05) is 19.1 Å². The maximum absolute atomic E-state index is 9.06. The summed E-state index contributed by atoms with van der Waals surface area (Å²) in [6.45, 7) is 12.9. The third kappa shape index (κ3) is 12.5. The molecule has 0 radical (unpaired) electrons. The fraction of sp³-hybridized carbons (Fsp3) is 0.484. The van der Waals surface area contributed by atoms with Crippen LogP contribution in [0.15, 0.2) is 71.4 Å². The molecule has 1 N–H and O–H groups in total. The molecule has 0 aliphatic rings. The summed E-state index contributed by atoms with van der Waals surface area (Å²) in [4.78, 5) is 0. The molecule has 0 amide bonds. The lowest BCUT2D eigenvalue weighted by Gasteiger charge is -2.15. The number of methoxy groups -OCH3 is 2. The Kier molecular flexibility index (Phi) is 15.3. The van der Waals surface area contributed by atoms with Crippen LogP contribution >= 0.6 is 0 Å². The first-order chi connectivity index (χ1) is 16.8. The lowest BCUT2D eigenvalue weighted by atomic mass is 10.0. The zero-order valence-electron chi connectivity index (χ0n) is 22.8. The third-order valence-corrected chi connectivity index (χ3v) is 5.92. The standard InChI is InChI=1S/C31H46O4/c1-8-20-35-30-22-29(33-6)21-28(31(30)34-7)19-18-26(4)16-10-14-24(2)12-9-13-25(3)15-11-17-27(5)23-32/h8,13-14,17-18,21-22,32H,1,9-12,15-16,19-20,23H2,2-7H3/b24-14+,25-13+,26-18+,27-17+. The molecule has 0 heterocycles. The topological polar surface area (TPSA) is 47.9 Å². The van der Waals surface area contributed by atoms with Gasteiger partial charge in [0, 0.05) is 11.6 Å². The molecule has 0 spiro atoms. The molecule has 4 heteroatoms. The molecule has 0 aromatic heterocycles. The predicted molar refractivity (Wildman–Crippen MR) is 149 cm³/mol. The minimum atomic E-state index is 0.155. The second kappa shape index (κ2) is 17.7. The molecule has 0 atom stereocenters. The van der Waals surface area contributed by atoms with Gasteiger partial charge in [-0.05, 0) is 78.7 Å². The van der Waals surface area contributed by atoms with Crippen molar-refractivity contribution in [3.63, 3.8) is 0 Å². The summed E-state index contributed by atoms with van der Waals surface area (Å²) in [6, 6.07) is 3.86. The van der Waals surface area contributed by atoms with E-state index in [1.54, 1.807) is 20.3 Å². The maximum Gasteiger partial charge on any atom is 0.165 e. The number of allylic oxidation sites excluding steroid dienone is 7. The molecular formula is C31H46O4. The zero-order chi connectivity index (χ0) is 26.1. The van der Waals surface area contributed by atoms with Crippen LogP contribution in [0.3, 0.4) is 0 Å². The van der Waals surface area contributed by atoms with Crippen LogP contribution in [0.1, 0.15) is 71.8 Å². The quantitative estimate of drug-likeness (QED) is 0.229. The monoisotopic (exact) mass is 482 g/mol. The van der Waals surface area contributed by atoms with Crippen LogP contribution in [0.4, 0.5) is 0 Å². The average molecular weight is 483 g/mol. The number of rotatable bonds is 17. The van der Waals surface area contributed by atoms with Crippen molar-refractivity contribution in [1.82, 2.24) is 0 Å². The highest BCUT2D eigenvalue weighted by atomic mass is 16.5. The van der Waals surface area contributed by atoms with Gasteiger partial charge in [0.25, 0.3) is 0 Å². The van der Waals surface area contributed by atoms with E-state index in [0.29, 0.717) is 12.4 Å². The second-order valence-electron chi connectivity index (χ2n) is 9.10. The van der Waals surface area contributed by atoms with Gasteiger partial charge in [0.05, 0.1) is 20.8 Å². The van der Waals surface area contributed by atoms with Crippen LogP contribution in [0.5, 0.6) is 17.2 Å². The first kappa shape index (κ1) is 30.3. The second-order valence-corrected chi connectivity index (χ2v) is 9.10. The van der Waals surface area contributed by atoms with Gasteiger partial charge in [0.1, 0.15) is 12.4 Å². The number of benzene rings is 1. The van der Waals surface area contributed by atoms with E-state index in [0.717, 1.165) is 67.6 Å². The highest BCUT2D eigenvalue weighted by Crippen LogP contribution is 2.36. The Balaban J connectivity index is 2.59. The molecule has 194 valence electrons. The molecule has 4 nitrogen and oxygen atoms in total. The molecular weight excluding hydrogens is 436 g/mol. The summed E-state index contributed by atoms with van der Waals surface area (Å²) in [5.74, 6) is 2.17. The number of aliphatic hydroxyl groups is 1. The van der Waals surface area contributed by atoms with Gasteiger partial charge in [-0.25, -0.2) is 0 Å². The minimum Gasteiger partial charge on any atom is -0.497 e. The van der Waals surface area contributed by atoms with Crippen molar-refractivity contribution in [3.8, 4) is 17.2 Å². The highest BCUT2D eigenvalue weighted by Gasteiger charge is 2.13. The van der Waals surface area contributed by atoms with Crippen LogP contribution < -0.4 is 14.2 Å². The van der Waals surface area contributed by atoms with Crippen molar-refractivity contribution in [2.45, 2.75) is 72.6 Å². The molecule has 0 aliphatic heterocycles. The normalized spacial score (nSPS) is 13.1. The van der Waals surface area contributed by atoms with E-state index < -0.39 is 0 Å². The maximum atomic E-state index is 9.06. The number of ether oxygens (including phenoxy) is 3. The minimum absolute atomic E-state index is 0.155. The summed E-state index contributed by atoms with van der Waals surface area (Å²) in [6.07, 6.45) is 17.9. The van der Waals surface area contributed by atoms with Crippen molar-refractivity contribution < 1.29 is 19.3 Å². The van der Waals surface area contributed by atoms with Gasteiger partial charge < -0.3 is 19.3 Å². The first-order valence-electron chi connectivity index (χ1n) is 12.6. The van der Waals surface area contributed by atoms with Gasteiger partial charge in [0.15, 0.2) is 11.5 Å². The van der Waals surface area contributed by atoms with Crippen molar-refractivity contribution in [2.24, 2.45) is 0 Å². The van der Waals surface area contributed by atoms with Crippen LogP contribution in [-0.4, -0.2) is 32.5 Å². The van der Waals surface area contributed by atoms with Gasteiger partial charge >= 0.3 is 0 Å². The van der Waals surface area contributed by atoms with Crippen LogP contribution in [-0.2, 0) is 6.42 Å². The summed E-state index contributed by atoms with van der Waals surface area (Å²) in [7, 11) is 3.33. The zero-order valence-corrected chi connectivity index (χ0v) is 22.8. The summed E-state index contributed by atoms with van der Waals surface area (Å²) >= 11 is 0. The van der Waals surface area contributed by atoms with E-state index in [-0.39, 0.29) is 6.61 Å². The fourth-order valence-corrected chi connectivity index (χ4v) is 3.68. The van der Waals surface area contributed by atoms with E-state index in [2.05, 4.69) is 51.7 Å². The number of aliphatic hydroxyl groups excluding tert-OH is 1. The molecule has 1 aromatic carbocycles. The highest BCUT2D eigenvalue weighted by molar-refractivity contribution is 5.52. The lowest BCUT2D eigenvalue weighted by molar-refractivity contribution is 0.320. The Morgan fingerprint density at radius 2 is 1.34 bits per heavy atom. The van der Waals surface area contributed by atoms with Gasteiger partial charge in [-0.15, -0.1) is 0 Å². The SMILES string of the molecule is C=CCOc1cc(OC)cc(C/C=C(\C)CC/C=C(\C)CC/C=C(\C)CC/C=C(\C)CO)c1OC. The van der Waals surface area contributed by atoms with Gasteiger partial charge in [-0.2, -0.15) is 0 Å². The van der Waals surface area contributed by atoms with E-state index >= 15 is 0 Å². The van der Waals surface area contributed by atoms with E-state index in [9.17, 15) is 0 Å². The molecule has 1 rings (SSSR count). The van der Waals surface area contributed by atoms with Crippen molar-refractivity contribution >= 4 is 0 Å². The molecule has 0 fully saturated rings. The smallest absolute Gasteiger partial charge is 0.165 e. The molecule has 0 unspecified atom stereocenters. The van der Waals surface area contributed by atoms with Gasteiger partial charge in [0.2, 0.25) is 0 Å². The number of hydrogen-bond donors (Lipinski definition) is 1. The van der Waals surface area contributed by atoms with Gasteiger partial charge in [-0.3, -0.25) is 0 Å². The Labute approximate surface area is 213 Å². The van der Waals surface area contributed by atoms with Crippen LogP contribution in [0.25, 0.3) is 0 Å². The number of hydrogen-bond acceptors (Lipinski definition) is 4. The van der Waals surface area contributed by atoms with E-state index in [4.69, 9.17) is 19.3 Å². The summed E-state index contributed by atoms with van der Waals surface area (Å²) < 4.78 is 16.9. The van der Waals surface area contributed by atoms with Gasteiger partial charge in [-0.1, -0.05) is 59.3 Å². The molecule has 0 aliphatic carbocycles. The van der Waals surface area contributed by atoms with Crippen LogP contribution in [0, 0.1) is 0 Å². The average Bonchev–Trinajstić information content (AvgIpc) is 2.85. The molecule has 0 saturated heterocycles. The molecule has 35 heavy (non-hydrogen) atoms. The van der Waals surface area contributed by atoms with Crippen LogP contribution in [0.2, 0.25) is 0 Å². The molecule has 0 saturated carbocycles. The van der Waals surface area contributed by atoms with Crippen molar-refractivity contribution in [3.05, 3.63) is 76.9 Å². The Morgan fingerprint density at radius 3 is 1.83 bits per heavy atom. The first-order valence-corrected chi connectivity index (χ1v) is 12.6. The third-order valence-electron chi connectivity index (χ3n) is 5.92. The predicted octanol–water partition coefficient (Wildman–Crippen LogP) is 7.93. The Bertz CT molecular complexity index is 903. The lowest BCUT2D eigenvalue weighted by Crippen LogP contribution is -2.00.